The highest BCUT2D eigenvalue weighted by Gasteiger charge is 2.43. The lowest BCUT2D eigenvalue weighted by Gasteiger charge is -2.42. The van der Waals surface area contributed by atoms with E-state index in [0.717, 1.165) is 11.5 Å². The number of hydrogen-bond donors (Lipinski definition) is 0. The Labute approximate surface area is 113 Å². The Morgan fingerprint density at radius 3 is 2.42 bits per heavy atom. The molecule has 3 amide bonds. The predicted molar refractivity (Wildman–Crippen MR) is 65.4 cm³/mol. The molecule has 0 N–H and O–H groups in total. The largest absolute Gasteiger partial charge is 0.334 e. The van der Waals surface area contributed by atoms with Crippen LogP contribution in [-0.4, -0.2) is 56.2 Å². The number of rotatable bonds is 2. The summed E-state index contributed by atoms with van der Waals surface area (Å²) in [6.07, 6.45) is 0.586. The lowest BCUT2D eigenvalue weighted by atomic mass is 10.1. The Balaban J connectivity index is 1.64. The first-order valence-electron chi connectivity index (χ1n) is 6.01. The van der Waals surface area contributed by atoms with Crippen LogP contribution in [-0.2, 0) is 9.59 Å². The van der Waals surface area contributed by atoms with Crippen LogP contribution in [0, 0.1) is 6.92 Å². The lowest BCUT2D eigenvalue weighted by Crippen LogP contribution is -2.62. The average Bonchev–Trinajstić information content (AvgIpc) is 2.87. The van der Waals surface area contributed by atoms with E-state index in [0.29, 0.717) is 36.5 Å². The van der Waals surface area contributed by atoms with Crippen LogP contribution in [0.25, 0.3) is 0 Å². The Bertz CT molecular complexity index is 548. The van der Waals surface area contributed by atoms with E-state index in [2.05, 4.69) is 9.59 Å². The van der Waals surface area contributed by atoms with Gasteiger partial charge in [-0.1, -0.05) is 4.49 Å². The van der Waals surface area contributed by atoms with Gasteiger partial charge in [-0.2, -0.15) is 0 Å². The highest BCUT2D eigenvalue weighted by atomic mass is 32.1. The lowest BCUT2D eigenvalue weighted by molar-refractivity contribution is -0.144. The second-order valence-corrected chi connectivity index (χ2v) is 5.46. The number of imide groups is 1. The number of aromatic nitrogens is 2. The van der Waals surface area contributed by atoms with Crippen molar-refractivity contribution in [3.05, 3.63) is 10.6 Å². The van der Waals surface area contributed by atoms with Crippen LogP contribution in [0.4, 0.5) is 0 Å². The number of amides is 3. The third-order valence-electron chi connectivity index (χ3n) is 3.45. The first-order valence-corrected chi connectivity index (χ1v) is 6.78. The summed E-state index contributed by atoms with van der Waals surface area (Å²) in [5.41, 5.74) is 0.617. The van der Waals surface area contributed by atoms with Gasteiger partial charge in [-0.25, -0.2) is 0 Å². The van der Waals surface area contributed by atoms with Gasteiger partial charge >= 0.3 is 0 Å². The van der Waals surface area contributed by atoms with Crippen LogP contribution in [0.2, 0.25) is 0 Å². The van der Waals surface area contributed by atoms with Crippen molar-refractivity contribution in [1.82, 2.24) is 19.4 Å². The Hall–Kier alpha value is -1.83. The van der Waals surface area contributed by atoms with E-state index >= 15 is 0 Å². The molecule has 0 unspecified atom stereocenters. The smallest absolute Gasteiger partial charge is 0.267 e. The third kappa shape index (κ3) is 1.92. The first-order chi connectivity index (χ1) is 9.08. The number of hydrogen-bond acceptors (Lipinski definition) is 6. The van der Waals surface area contributed by atoms with Crippen LogP contribution in [0.15, 0.2) is 0 Å². The molecule has 1 aromatic rings. The molecule has 8 heteroatoms. The quantitative estimate of drug-likeness (QED) is 0.702. The Kier molecular flexibility index (Phi) is 2.81. The zero-order valence-corrected chi connectivity index (χ0v) is 11.1. The molecular weight excluding hydrogens is 268 g/mol. The molecule has 7 nitrogen and oxygen atoms in total. The van der Waals surface area contributed by atoms with E-state index in [-0.39, 0.29) is 23.8 Å². The monoisotopic (exact) mass is 280 g/mol. The summed E-state index contributed by atoms with van der Waals surface area (Å²) in [6, 6.07) is -0.160. The van der Waals surface area contributed by atoms with Crippen LogP contribution >= 0.6 is 11.5 Å². The molecule has 0 radical (unpaired) electrons. The summed E-state index contributed by atoms with van der Waals surface area (Å²) in [5.74, 6) is -0.377. The minimum atomic E-state index is -0.160. The van der Waals surface area contributed by atoms with Gasteiger partial charge in [-0.3, -0.25) is 19.3 Å². The standard InChI is InChI=1S/C11H12N4O3S/c1-6-10(19-13-12-6)11(18)14-4-7(5-14)15-8(16)2-3-9(15)17/h7H,2-5H2,1H3. The normalized spacial score (nSPS) is 20.1. The SMILES string of the molecule is Cc1nnsc1C(=O)N1CC(N2C(=O)CCC2=O)C1. The minimum absolute atomic E-state index is 0.122. The molecule has 0 atom stereocenters. The van der Waals surface area contributed by atoms with Gasteiger partial charge in [0.05, 0.1) is 11.7 Å². The molecule has 3 rings (SSSR count). The van der Waals surface area contributed by atoms with Crippen LogP contribution in [0.3, 0.4) is 0 Å². The highest BCUT2D eigenvalue weighted by Crippen LogP contribution is 2.24. The zero-order valence-electron chi connectivity index (χ0n) is 10.3. The van der Waals surface area contributed by atoms with Crippen molar-refractivity contribution in [3.63, 3.8) is 0 Å². The van der Waals surface area contributed by atoms with Crippen molar-refractivity contribution in [2.75, 3.05) is 13.1 Å². The number of aryl methyl sites for hydroxylation is 1. The fourth-order valence-corrected chi connectivity index (χ4v) is 2.98. The molecule has 2 saturated heterocycles. The fraction of sp³-hybridized carbons (Fsp3) is 0.545. The summed E-state index contributed by atoms with van der Waals surface area (Å²) in [7, 11) is 0. The van der Waals surface area contributed by atoms with Crippen molar-refractivity contribution in [1.29, 1.82) is 0 Å². The van der Waals surface area contributed by atoms with Crippen molar-refractivity contribution in [2.24, 2.45) is 0 Å². The second kappa shape index (κ2) is 4.37. The summed E-state index contributed by atoms with van der Waals surface area (Å²) >= 11 is 1.07. The highest BCUT2D eigenvalue weighted by molar-refractivity contribution is 7.07. The van der Waals surface area contributed by atoms with E-state index in [1.165, 1.54) is 4.90 Å². The van der Waals surface area contributed by atoms with Crippen molar-refractivity contribution in [2.45, 2.75) is 25.8 Å². The van der Waals surface area contributed by atoms with Gasteiger partial charge in [-0.15, -0.1) is 5.10 Å². The molecule has 2 aliphatic rings. The summed E-state index contributed by atoms with van der Waals surface area (Å²) < 4.78 is 3.73. The summed E-state index contributed by atoms with van der Waals surface area (Å²) in [5, 5.41) is 3.80. The number of carbonyl (C=O) groups is 3. The van der Waals surface area contributed by atoms with Gasteiger partial charge in [-0.05, 0) is 18.5 Å². The Morgan fingerprint density at radius 2 is 1.89 bits per heavy atom. The van der Waals surface area contributed by atoms with E-state index in [9.17, 15) is 14.4 Å². The number of nitrogens with zero attached hydrogens (tertiary/aromatic N) is 4. The van der Waals surface area contributed by atoms with Crippen LogP contribution in [0.1, 0.15) is 28.2 Å². The molecule has 2 aliphatic heterocycles. The topological polar surface area (TPSA) is 83.5 Å². The van der Waals surface area contributed by atoms with Crippen molar-refractivity contribution in [3.8, 4) is 0 Å². The van der Waals surface area contributed by atoms with Crippen LogP contribution < -0.4 is 0 Å². The van der Waals surface area contributed by atoms with Gasteiger partial charge in [0.2, 0.25) is 11.8 Å². The van der Waals surface area contributed by atoms with Gasteiger partial charge < -0.3 is 4.90 Å². The molecule has 3 heterocycles. The molecule has 2 fully saturated rings. The predicted octanol–water partition coefficient (Wildman–Crippen LogP) is -0.180. The molecule has 0 bridgehead atoms. The molecule has 0 aliphatic carbocycles. The van der Waals surface area contributed by atoms with E-state index in [4.69, 9.17) is 0 Å². The third-order valence-corrected chi connectivity index (χ3v) is 4.27. The molecule has 0 aromatic carbocycles. The maximum Gasteiger partial charge on any atom is 0.267 e. The number of likely N-dealkylation sites (tertiary alicyclic amines) is 2. The molecule has 1 aromatic heterocycles. The second-order valence-electron chi connectivity index (χ2n) is 4.71. The number of carbonyl (C=O) groups excluding carboxylic acids is 3. The summed E-state index contributed by atoms with van der Waals surface area (Å²) in [6.45, 7) is 2.56. The van der Waals surface area contributed by atoms with Gasteiger partial charge in [0.25, 0.3) is 5.91 Å². The summed E-state index contributed by atoms with van der Waals surface area (Å²) in [4.78, 5) is 38.7. The van der Waals surface area contributed by atoms with E-state index in [1.807, 2.05) is 0 Å². The van der Waals surface area contributed by atoms with Crippen molar-refractivity contribution >= 4 is 29.3 Å². The van der Waals surface area contributed by atoms with Crippen LogP contribution in [0.5, 0.6) is 0 Å². The average molecular weight is 280 g/mol. The van der Waals surface area contributed by atoms with Gasteiger partial charge in [0.15, 0.2) is 0 Å². The molecule has 100 valence electrons. The molecular formula is C11H12N4O3S. The molecule has 0 saturated carbocycles. The first kappa shape index (κ1) is 12.2. The maximum atomic E-state index is 12.1. The van der Waals surface area contributed by atoms with E-state index < -0.39 is 0 Å². The van der Waals surface area contributed by atoms with Gasteiger partial charge in [0.1, 0.15) is 4.88 Å². The molecule has 19 heavy (non-hydrogen) atoms. The maximum absolute atomic E-state index is 12.1. The zero-order chi connectivity index (χ0) is 13.6. The van der Waals surface area contributed by atoms with Gasteiger partial charge in [0, 0.05) is 25.9 Å². The van der Waals surface area contributed by atoms with E-state index in [1.54, 1.807) is 11.8 Å². The van der Waals surface area contributed by atoms with Crippen molar-refractivity contribution < 1.29 is 14.4 Å². The minimum Gasteiger partial charge on any atom is -0.334 e. The fourth-order valence-electron chi connectivity index (χ4n) is 2.36. The molecule has 0 spiro atoms. The Morgan fingerprint density at radius 1 is 1.26 bits per heavy atom.